The van der Waals surface area contributed by atoms with E-state index in [1.165, 1.54) is 7.11 Å². The third-order valence-corrected chi connectivity index (χ3v) is 3.24. The van der Waals surface area contributed by atoms with Gasteiger partial charge in [0.05, 0.1) is 18.4 Å². The van der Waals surface area contributed by atoms with Crippen LogP contribution in [0.3, 0.4) is 0 Å². The lowest BCUT2D eigenvalue weighted by molar-refractivity contribution is 0.0601. The lowest BCUT2D eigenvalue weighted by Crippen LogP contribution is -2.00. The third kappa shape index (κ3) is 2.89. The summed E-state index contributed by atoms with van der Waals surface area (Å²) in [5.41, 5.74) is 2.46. The lowest BCUT2D eigenvalue weighted by Gasteiger charge is -2.03. The Bertz CT molecular complexity index is 762. The van der Waals surface area contributed by atoms with Crippen molar-refractivity contribution in [1.29, 1.82) is 0 Å². The van der Waals surface area contributed by atoms with Crippen LogP contribution in [0.5, 0.6) is 5.75 Å². The average molecular weight is 281 g/mol. The van der Waals surface area contributed by atoms with Crippen LogP contribution in [-0.2, 0) is 11.3 Å². The molecule has 0 amide bonds. The molecule has 0 bridgehead atoms. The summed E-state index contributed by atoms with van der Waals surface area (Å²) in [6.07, 6.45) is 0. The van der Waals surface area contributed by atoms with Gasteiger partial charge in [-0.05, 0) is 36.4 Å². The maximum atomic E-state index is 11.5. The van der Waals surface area contributed by atoms with E-state index in [2.05, 4.69) is 4.98 Å². The number of carbonyl (C=O) groups is 1. The molecule has 0 unspecified atom stereocenters. The minimum Gasteiger partial charge on any atom is -0.487 e. The van der Waals surface area contributed by atoms with Crippen LogP contribution in [0.15, 0.2) is 54.6 Å². The van der Waals surface area contributed by atoms with Gasteiger partial charge >= 0.3 is 5.97 Å². The first kappa shape index (κ1) is 13.2. The fourth-order valence-corrected chi connectivity index (χ4v) is 2.19. The van der Waals surface area contributed by atoms with Crippen LogP contribution in [0.25, 0.3) is 10.9 Å². The Balaban J connectivity index is 1.79. The zero-order valence-corrected chi connectivity index (χ0v) is 11.6. The highest BCUT2D eigenvalue weighted by Gasteiger charge is 2.08. The van der Waals surface area contributed by atoms with E-state index in [-0.39, 0.29) is 5.97 Å². The molecule has 1 aromatic heterocycles. The SMILES string of the molecule is COC(=O)c1ccc2[nH]c(COc3ccccc3)cc2c1. The van der Waals surface area contributed by atoms with Gasteiger partial charge in [0.25, 0.3) is 0 Å². The largest absolute Gasteiger partial charge is 0.487 e. The van der Waals surface area contributed by atoms with Crippen molar-refractivity contribution in [2.24, 2.45) is 0 Å². The van der Waals surface area contributed by atoms with Gasteiger partial charge in [-0.1, -0.05) is 18.2 Å². The van der Waals surface area contributed by atoms with Gasteiger partial charge in [0.1, 0.15) is 12.4 Å². The van der Waals surface area contributed by atoms with Crippen LogP contribution in [0, 0.1) is 0 Å². The molecule has 1 N–H and O–H groups in total. The van der Waals surface area contributed by atoms with E-state index in [0.29, 0.717) is 12.2 Å². The fraction of sp³-hybridized carbons (Fsp3) is 0.118. The molecule has 1 heterocycles. The first-order valence-corrected chi connectivity index (χ1v) is 6.64. The standard InChI is InChI=1S/C17H15NO3/c1-20-17(19)12-7-8-16-13(9-12)10-14(18-16)11-21-15-5-3-2-4-6-15/h2-10,18H,11H2,1H3. The molecule has 21 heavy (non-hydrogen) atoms. The van der Waals surface area contributed by atoms with Crippen LogP contribution < -0.4 is 4.74 Å². The van der Waals surface area contributed by atoms with E-state index in [0.717, 1.165) is 22.3 Å². The summed E-state index contributed by atoms with van der Waals surface area (Å²) in [5, 5.41) is 0.963. The van der Waals surface area contributed by atoms with Crippen molar-refractivity contribution in [2.75, 3.05) is 7.11 Å². The van der Waals surface area contributed by atoms with E-state index >= 15 is 0 Å². The van der Waals surface area contributed by atoms with E-state index in [9.17, 15) is 4.79 Å². The van der Waals surface area contributed by atoms with Crippen molar-refractivity contribution in [3.05, 3.63) is 65.9 Å². The molecule has 106 valence electrons. The quantitative estimate of drug-likeness (QED) is 0.744. The molecule has 0 fully saturated rings. The number of benzene rings is 2. The van der Waals surface area contributed by atoms with Gasteiger partial charge in [-0.2, -0.15) is 0 Å². The maximum absolute atomic E-state index is 11.5. The molecule has 0 saturated carbocycles. The number of rotatable bonds is 4. The van der Waals surface area contributed by atoms with Gasteiger partial charge in [-0.3, -0.25) is 0 Å². The van der Waals surface area contributed by atoms with E-state index in [4.69, 9.17) is 9.47 Å². The number of ether oxygens (including phenoxy) is 2. The van der Waals surface area contributed by atoms with Gasteiger partial charge in [-0.15, -0.1) is 0 Å². The van der Waals surface area contributed by atoms with Crippen LogP contribution in [-0.4, -0.2) is 18.1 Å². The molecule has 0 spiro atoms. The zero-order chi connectivity index (χ0) is 14.7. The van der Waals surface area contributed by atoms with Crippen molar-refractivity contribution >= 4 is 16.9 Å². The van der Waals surface area contributed by atoms with E-state index < -0.39 is 0 Å². The molecule has 4 heteroatoms. The number of carbonyl (C=O) groups excluding carboxylic acids is 1. The number of nitrogens with one attached hydrogen (secondary N) is 1. The summed E-state index contributed by atoms with van der Waals surface area (Å²) in [7, 11) is 1.38. The number of fused-ring (bicyclic) bond motifs is 1. The number of aromatic amines is 1. The van der Waals surface area contributed by atoms with Crippen LogP contribution in [0.2, 0.25) is 0 Å². The molecular weight excluding hydrogens is 266 g/mol. The number of hydrogen-bond donors (Lipinski definition) is 1. The van der Waals surface area contributed by atoms with Crippen molar-refractivity contribution < 1.29 is 14.3 Å². The summed E-state index contributed by atoms with van der Waals surface area (Å²) in [6, 6.07) is 17.0. The molecule has 0 aliphatic carbocycles. The zero-order valence-electron chi connectivity index (χ0n) is 11.6. The van der Waals surface area contributed by atoms with Gasteiger partial charge < -0.3 is 14.5 Å². The van der Waals surface area contributed by atoms with Crippen LogP contribution in [0.4, 0.5) is 0 Å². The topological polar surface area (TPSA) is 51.3 Å². The minimum absolute atomic E-state index is 0.333. The molecule has 2 aromatic carbocycles. The first-order valence-electron chi connectivity index (χ1n) is 6.64. The molecule has 0 saturated heterocycles. The Kier molecular flexibility index (Phi) is 3.60. The molecule has 0 aliphatic heterocycles. The predicted octanol–water partition coefficient (Wildman–Crippen LogP) is 3.53. The minimum atomic E-state index is -0.333. The second-order valence-electron chi connectivity index (χ2n) is 4.69. The Morgan fingerprint density at radius 2 is 1.90 bits per heavy atom. The lowest BCUT2D eigenvalue weighted by atomic mass is 10.1. The molecule has 0 radical (unpaired) electrons. The molecule has 3 aromatic rings. The highest BCUT2D eigenvalue weighted by molar-refractivity contribution is 5.94. The second kappa shape index (κ2) is 5.71. The Morgan fingerprint density at radius 1 is 1.10 bits per heavy atom. The summed E-state index contributed by atoms with van der Waals surface area (Å²) >= 11 is 0. The molecule has 0 atom stereocenters. The van der Waals surface area contributed by atoms with Crippen molar-refractivity contribution in [3.63, 3.8) is 0 Å². The summed E-state index contributed by atoms with van der Waals surface area (Å²) in [5.74, 6) is 0.492. The van der Waals surface area contributed by atoms with Gasteiger partial charge in [0, 0.05) is 10.9 Å². The highest BCUT2D eigenvalue weighted by atomic mass is 16.5. The van der Waals surface area contributed by atoms with Gasteiger partial charge in [0.2, 0.25) is 0 Å². The molecule has 0 aliphatic rings. The number of aromatic nitrogens is 1. The average Bonchev–Trinajstić information content (AvgIpc) is 2.95. The number of esters is 1. The molecule has 4 nitrogen and oxygen atoms in total. The van der Waals surface area contributed by atoms with Crippen molar-refractivity contribution in [3.8, 4) is 5.75 Å². The van der Waals surface area contributed by atoms with Crippen molar-refractivity contribution in [2.45, 2.75) is 6.61 Å². The third-order valence-electron chi connectivity index (χ3n) is 3.24. The normalized spacial score (nSPS) is 10.5. The Morgan fingerprint density at radius 3 is 2.67 bits per heavy atom. The summed E-state index contributed by atoms with van der Waals surface area (Å²) in [6.45, 7) is 0.451. The maximum Gasteiger partial charge on any atom is 0.337 e. The summed E-state index contributed by atoms with van der Waals surface area (Å²) < 4.78 is 10.4. The summed E-state index contributed by atoms with van der Waals surface area (Å²) in [4.78, 5) is 14.8. The highest BCUT2D eigenvalue weighted by Crippen LogP contribution is 2.19. The second-order valence-corrected chi connectivity index (χ2v) is 4.69. The first-order chi connectivity index (χ1) is 10.3. The fourth-order valence-electron chi connectivity index (χ4n) is 2.19. The number of methoxy groups -OCH3 is 1. The Labute approximate surface area is 122 Å². The van der Waals surface area contributed by atoms with Gasteiger partial charge in [0.15, 0.2) is 0 Å². The van der Waals surface area contributed by atoms with E-state index in [1.807, 2.05) is 48.5 Å². The van der Waals surface area contributed by atoms with Crippen molar-refractivity contribution in [1.82, 2.24) is 4.98 Å². The number of para-hydroxylation sites is 1. The molecular formula is C17H15NO3. The smallest absolute Gasteiger partial charge is 0.337 e. The van der Waals surface area contributed by atoms with Gasteiger partial charge in [-0.25, -0.2) is 4.79 Å². The number of H-pyrrole nitrogens is 1. The van der Waals surface area contributed by atoms with Crippen LogP contribution in [0.1, 0.15) is 16.1 Å². The number of hydrogen-bond acceptors (Lipinski definition) is 3. The van der Waals surface area contributed by atoms with Crippen LogP contribution >= 0.6 is 0 Å². The Hall–Kier alpha value is -2.75. The van der Waals surface area contributed by atoms with E-state index in [1.54, 1.807) is 6.07 Å². The monoisotopic (exact) mass is 281 g/mol. The molecule has 3 rings (SSSR count). The predicted molar refractivity (Wildman–Crippen MR) is 80.4 cm³/mol.